The van der Waals surface area contributed by atoms with Crippen molar-refractivity contribution in [2.75, 3.05) is 0 Å². The molecule has 2 atom stereocenters. The van der Waals surface area contributed by atoms with E-state index in [4.69, 9.17) is 11.0 Å². The summed E-state index contributed by atoms with van der Waals surface area (Å²) in [5, 5.41) is 21.0. The largest absolute Gasteiger partial charge is 0.383 e. The van der Waals surface area contributed by atoms with Crippen LogP contribution in [0.15, 0.2) is 24.3 Å². The Morgan fingerprint density at radius 2 is 1.91 bits per heavy atom. The molecule has 1 aromatic rings. The second-order valence-corrected chi connectivity index (χ2v) is 5.62. The second-order valence-electron chi connectivity index (χ2n) is 5.62. The third kappa shape index (κ3) is 5.54. The third-order valence-corrected chi connectivity index (χ3v) is 3.18. The highest BCUT2D eigenvalue weighted by molar-refractivity contribution is 5.88. The lowest BCUT2D eigenvalue weighted by Gasteiger charge is -2.19. The highest BCUT2D eigenvalue weighted by Gasteiger charge is 2.23. The second kappa shape index (κ2) is 8.15. The minimum absolute atomic E-state index is 0.159. The summed E-state index contributed by atoms with van der Waals surface area (Å²) in [6.45, 7) is 3.78. The maximum absolute atomic E-state index is 11.9. The predicted molar refractivity (Wildman–Crippen MR) is 81.4 cm³/mol. The third-order valence-electron chi connectivity index (χ3n) is 3.18. The summed E-state index contributed by atoms with van der Waals surface area (Å²) in [4.78, 5) is 23.4. The number of aliphatic hydroxyl groups is 1. The number of nitrogens with zero attached hydrogens (tertiary/aromatic N) is 1. The highest BCUT2D eigenvalue weighted by Crippen LogP contribution is 2.08. The summed E-state index contributed by atoms with van der Waals surface area (Å²) in [6.07, 6.45) is -0.641. The van der Waals surface area contributed by atoms with Crippen molar-refractivity contribution in [1.29, 1.82) is 5.26 Å². The van der Waals surface area contributed by atoms with Crippen LogP contribution in [0.5, 0.6) is 0 Å². The van der Waals surface area contributed by atoms with E-state index in [1.54, 1.807) is 24.3 Å². The molecule has 0 aliphatic heterocycles. The minimum Gasteiger partial charge on any atom is -0.383 e. The van der Waals surface area contributed by atoms with Crippen LogP contribution in [0.1, 0.15) is 31.4 Å². The van der Waals surface area contributed by atoms with Crippen molar-refractivity contribution >= 4 is 11.8 Å². The average molecular weight is 303 g/mol. The van der Waals surface area contributed by atoms with Gasteiger partial charge in [-0.15, -0.1) is 0 Å². The van der Waals surface area contributed by atoms with Crippen molar-refractivity contribution < 1.29 is 14.7 Å². The Balaban J connectivity index is 2.71. The molecule has 0 radical (unpaired) electrons. The molecule has 118 valence electrons. The van der Waals surface area contributed by atoms with Crippen LogP contribution in [0.2, 0.25) is 0 Å². The molecule has 0 fully saturated rings. The Labute approximate surface area is 129 Å². The fourth-order valence-electron chi connectivity index (χ4n) is 2.00. The van der Waals surface area contributed by atoms with Crippen LogP contribution in [0, 0.1) is 17.2 Å². The van der Waals surface area contributed by atoms with Gasteiger partial charge in [-0.3, -0.25) is 9.59 Å². The van der Waals surface area contributed by atoms with Gasteiger partial charge < -0.3 is 16.2 Å². The van der Waals surface area contributed by atoms with Crippen LogP contribution in [0.3, 0.4) is 0 Å². The van der Waals surface area contributed by atoms with Crippen LogP contribution in [-0.4, -0.2) is 29.1 Å². The zero-order chi connectivity index (χ0) is 16.7. The molecule has 0 aromatic heterocycles. The predicted octanol–water partition coefficient (Wildman–Crippen LogP) is 0.478. The normalized spacial score (nSPS) is 13.2. The van der Waals surface area contributed by atoms with E-state index in [1.807, 2.05) is 19.9 Å². The van der Waals surface area contributed by atoms with Gasteiger partial charge in [0.2, 0.25) is 11.8 Å². The molecule has 0 saturated carbocycles. The number of nitriles is 1. The van der Waals surface area contributed by atoms with Crippen molar-refractivity contribution in [3.8, 4) is 6.07 Å². The van der Waals surface area contributed by atoms with Crippen molar-refractivity contribution in [2.24, 2.45) is 11.7 Å². The van der Waals surface area contributed by atoms with E-state index in [-0.39, 0.29) is 12.3 Å². The topological polar surface area (TPSA) is 116 Å². The van der Waals surface area contributed by atoms with Crippen LogP contribution >= 0.6 is 0 Å². The van der Waals surface area contributed by atoms with Crippen molar-refractivity contribution in [3.05, 3.63) is 35.4 Å². The molecule has 0 unspecified atom stereocenters. The van der Waals surface area contributed by atoms with Gasteiger partial charge in [-0.2, -0.15) is 5.26 Å². The number of hydrogen-bond acceptors (Lipinski definition) is 4. The van der Waals surface area contributed by atoms with Gasteiger partial charge in [0.1, 0.15) is 12.1 Å². The molecule has 6 heteroatoms. The monoisotopic (exact) mass is 303 g/mol. The molecule has 1 aromatic carbocycles. The number of amides is 2. The molecular formula is C16H21N3O3. The SMILES string of the molecule is CC(C)C[C@H](O)C(=O)N[C@H](Cc1ccc(C#N)cc1)C(N)=O. The number of benzene rings is 1. The Bertz CT molecular complexity index is 561. The average Bonchev–Trinajstić information content (AvgIpc) is 2.46. The van der Waals surface area contributed by atoms with Crippen molar-refractivity contribution in [2.45, 2.75) is 38.8 Å². The molecule has 0 heterocycles. The molecule has 22 heavy (non-hydrogen) atoms. The van der Waals surface area contributed by atoms with Crippen molar-refractivity contribution in [3.63, 3.8) is 0 Å². The fraction of sp³-hybridized carbons (Fsp3) is 0.438. The van der Waals surface area contributed by atoms with E-state index in [2.05, 4.69) is 5.32 Å². The Hall–Kier alpha value is -2.39. The van der Waals surface area contributed by atoms with Gasteiger partial charge in [-0.05, 0) is 30.0 Å². The first kappa shape index (κ1) is 17.7. The molecule has 6 nitrogen and oxygen atoms in total. The summed E-state index contributed by atoms with van der Waals surface area (Å²) in [5.41, 5.74) is 6.58. The van der Waals surface area contributed by atoms with Crippen LogP contribution in [-0.2, 0) is 16.0 Å². The van der Waals surface area contributed by atoms with Gasteiger partial charge in [0.05, 0.1) is 11.6 Å². The molecule has 0 bridgehead atoms. The number of rotatable bonds is 7. The van der Waals surface area contributed by atoms with E-state index in [1.165, 1.54) is 0 Å². The van der Waals surface area contributed by atoms with Gasteiger partial charge >= 0.3 is 0 Å². The molecule has 0 saturated heterocycles. The molecule has 0 spiro atoms. The lowest BCUT2D eigenvalue weighted by molar-refractivity contribution is -0.133. The van der Waals surface area contributed by atoms with Gasteiger partial charge in [0.15, 0.2) is 0 Å². The number of hydrogen-bond donors (Lipinski definition) is 3. The summed E-state index contributed by atoms with van der Waals surface area (Å²) >= 11 is 0. The lowest BCUT2D eigenvalue weighted by atomic mass is 10.0. The Kier molecular flexibility index (Phi) is 6.54. The van der Waals surface area contributed by atoms with Gasteiger partial charge in [0, 0.05) is 6.42 Å². The first-order chi connectivity index (χ1) is 10.3. The quantitative estimate of drug-likeness (QED) is 0.679. The molecule has 0 aliphatic carbocycles. The number of carbonyl (C=O) groups excluding carboxylic acids is 2. The number of nitrogens with one attached hydrogen (secondary N) is 1. The van der Waals surface area contributed by atoms with E-state index < -0.39 is 24.0 Å². The van der Waals surface area contributed by atoms with Crippen LogP contribution < -0.4 is 11.1 Å². The molecule has 1 rings (SSSR count). The summed E-state index contributed by atoms with van der Waals surface area (Å²) in [7, 11) is 0. The van der Waals surface area contributed by atoms with Crippen molar-refractivity contribution in [1.82, 2.24) is 5.32 Å². The summed E-state index contributed by atoms with van der Waals surface area (Å²) in [5.74, 6) is -1.12. The number of nitrogens with two attached hydrogens (primary N) is 1. The first-order valence-electron chi connectivity index (χ1n) is 7.10. The standard InChI is InChI=1S/C16H21N3O3/c1-10(2)7-14(20)16(22)19-13(15(18)21)8-11-3-5-12(9-17)6-4-11/h3-6,10,13-14,20H,7-8H2,1-2H3,(H2,18,21)(H,19,22)/t13-,14+/m1/s1. The van der Waals surface area contributed by atoms with E-state index in [0.717, 1.165) is 5.56 Å². The zero-order valence-corrected chi connectivity index (χ0v) is 12.7. The van der Waals surface area contributed by atoms with E-state index in [0.29, 0.717) is 12.0 Å². The molecule has 4 N–H and O–H groups in total. The summed E-state index contributed by atoms with van der Waals surface area (Å²) in [6, 6.07) is 7.76. The lowest BCUT2D eigenvalue weighted by Crippen LogP contribution is -2.49. The van der Waals surface area contributed by atoms with E-state index in [9.17, 15) is 14.7 Å². The highest BCUT2D eigenvalue weighted by atomic mass is 16.3. The van der Waals surface area contributed by atoms with Gasteiger partial charge in [-0.25, -0.2) is 0 Å². The van der Waals surface area contributed by atoms with Gasteiger partial charge in [-0.1, -0.05) is 26.0 Å². The van der Waals surface area contributed by atoms with Crippen LogP contribution in [0.4, 0.5) is 0 Å². The number of aliphatic hydroxyl groups excluding tert-OH is 1. The first-order valence-corrected chi connectivity index (χ1v) is 7.10. The Morgan fingerprint density at radius 1 is 1.32 bits per heavy atom. The number of carbonyl (C=O) groups is 2. The minimum atomic E-state index is -1.16. The molecule has 0 aliphatic rings. The maximum atomic E-state index is 11.9. The zero-order valence-electron chi connectivity index (χ0n) is 12.7. The van der Waals surface area contributed by atoms with Crippen LogP contribution in [0.25, 0.3) is 0 Å². The smallest absolute Gasteiger partial charge is 0.249 e. The molecule has 2 amide bonds. The number of primary amides is 1. The molecular weight excluding hydrogens is 282 g/mol. The maximum Gasteiger partial charge on any atom is 0.249 e. The van der Waals surface area contributed by atoms with E-state index >= 15 is 0 Å². The van der Waals surface area contributed by atoms with Gasteiger partial charge in [0.25, 0.3) is 0 Å². The fourth-order valence-corrected chi connectivity index (χ4v) is 2.00. The Morgan fingerprint density at radius 3 is 2.36 bits per heavy atom. The summed E-state index contributed by atoms with van der Waals surface area (Å²) < 4.78 is 0.